The minimum atomic E-state index is -3.62. The predicted molar refractivity (Wildman–Crippen MR) is 114 cm³/mol. The Kier molecular flexibility index (Phi) is 6.53. The molecule has 0 aromatic heterocycles. The fourth-order valence-corrected chi connectivity index (χ4v) is 4.31. The number of rotatable bonds is 8. The van der Waals surface area contributed by atoms with Gasteiger partial charge in [-0.3, -0.25) is 14.5 Å². The van der Waals surface area contributed by atoms with Crippen LogP contribution in [0.5, 0.6) is 0 Å². The third kappa shape index (κ3) is 5.14. The lowest BCUT2D eigenvalue weighted by Gasteiger charge is -2.17. The molecule has 8 heteroatoms. The maximum absolute atomic E-state index is 12.7. The van der Waals surface area contributed by atoms with Crippen LogP contribution in [-0.4, -0.2) is 39.3 Å². The van der Waals surface area contributed by atoms with Crippen molar-refractivity contribution in [1.29, 1.82) is 0 Å². The summed E-state index contributed by atoms with van der Waals surface area (Å²) in [7, 11) is -3.62. The van der Waals surface area contributed by atoms with Crippen molar-refractivity contribution in [1.82, 2.24) is 10.0 Å². The molecular weight excluding hydrogens is 388 g/mol. The monoisotopic (exact) mass is 414 g/mol. The van der Waals surface area contributed by atoms with Crippen LogP contribution in [-0.2, 0) is 14.8 Å². The number of sulfonamides is 1. The number of nitrogens with one attached hydrogen (secondary N) is 3. The number of anilines is 1. The zero-order valence-electron chi connectivity index (χ0n) is 16.6. The van der Waals surface area contributed by atoms with E-state index in [1.165, 1.54) is 6.07 Å². The molecule has 1 amide bonds. The lowest BCUT2D eigenvalue weighted by molar-refractivity contribution is -0.123. The summed E-state index contributed by atoms with van der Waals surface area (Å²) in [6.45, 7) is 5.02. The van der Waals surface area contributed by atoms with Crippen molar-refractivity contribution in [3.05, 3.63) is 60.2 Å². The highest BCUT2D eigenvalue weighted by atomic mass is 32.2. The van der Waals surface area contributed by atoms with Gasteiger partial charge >= 0.3 is 0 Å². The molecule has 2 aromatic carbocycles. The summed E-state index contributed by atoms with van der Waals surface area (Å²) in [5.41, 5.74) is 1.54. The van der Waals surface area contributed by atoms with Crippen LogP contribution < -0.4 is 15.4 Å². The summed E-state index contributed by atoms with van der Waals surface area (Å²) >= 11 is 0. The molecule has 1 aliphatic rings. The predicted octanol–water partition coefficient (Wildman–Crippen LogP) is 2.37. The molecule has 0 radical (unpaired) electrons. The third-order valence-corrected chi connectivity index (χ3v) is 5.98. The van der Waals surface area contributed by atoms with E-state index in [4.69, 9.17) is 0 Å². The highest BCUT2D eigenvalue weighted by molar-refractivity contribution is 7.90. The van der Waals surface area contributed by atoms with Crippen LogP contribution in [0.1, 0.15) is 25.8 Å². The van der Waals surface area contributed by atoms with Crippen LogP contribution in [0.4, 0.5) is 5.69 Å². The van der Waals surface area contributed by atoms with Gasteiger partial charge in [-0.15, -0.1) is 0 Å². The summed E-state index contributed by atoms with van der Waals surface area (Å²) in [5, 5.41) is 6.20. The first-order valence-corrected chi connectivity index (χ1v) is 11.1. The minimum Gasteiger partial charge on any atom is -0.385 e. The fourth-order valence-electron chi connectivity index (χ4n) is 3.07. The van der Waals surface area contributed by atoms with E-state index in [-0.39, 0.29) is 22.6 Å². The van der Waals surface area contributed by atoms with E-state index in [9.17, 15) is 13.2 Å². The molecule has 0 bridgehead atoms. The van der Waals surface area contributed by atoms with Gasteiger partial charge in [0.25, 0.3) is 10.0 Å². The summed E-state index contributed by atoms with van der Waals surface area (Å²) in [6, 6.07) is 15.8. The lowest BCUT2D eigenvalue weighted by Crippen LogP contribution is -2.39. The van der Waals surface area contributed by atoms with Gasteiger partial charge in [-0.05, 0) is 36.6 Å². The van der Waals surface area contributed by atoms with E-state index in [1.807, 2.05) is 44.2 Å². The van der Waals surface area contributed by atoms with Crippen molar-refractivity contribution >= 4 is 27.5 Å². The Morgan fingerprint density at radius 3 is 2.45 bits per heavy atom. The quantitative estimate of drug-likeness (QED) is 0.578. The molecule has 1 atom stereocenters. The van der Waals surface area contributed by atoms with Gasteiger partial charge in [0.05, 0.1) is 4.90 Å². The highest BCUT2D eigenvalue weighted by Gasteiger charge is 2.32. The Hall–Kier alpha value is -2.87. The van der Waals surface area contributed by atoms with Crippen molar-refractivity contribution in [3.8, 4) is 0 Å². The molecule has 3 rings (SSSR count). The Labute approximate surface area is 171 Å². The smallest absolute Gasteiger partial charge is 0.263 e. The van der Waals surface area contributed by atoms with Crippen molar-refractivity contribution in [2.45, 2.75) is 31.2 Å². The number of benzene rings is 2. The van der Waals surface area contributed by atoms with Gasteiger partial charge in [0.15, 0.2) is 0 Å². The topological polar surface area (TPSA) is 99.7 Å². The summed E-state index contributed by atoms with van der Waals surface area (Å²) in [6.07, 6.45) is 0.761. The molecule has 7 nitrogen and oxygen atoms in total. The second-order valence-corrected chi connectivity index (χ2v) is 8.86. The molecule has 154 valence electrons. The average molecular weight is 415 g/mol. The second-order valence-electron chi connectivity index (χ2n) is 7.21. The lowest BCUT2D eigenvalue weighted by atomic mass is 10.0. The van der Waals surface area contributed by atoms with Gasteiger partial charge < -0.3 is 10.6 Å². The molecule has 1 heterocycles. The number of amidine groups is 1. The number of fused-ring (bicyclic) bond motifs is 1. The number of aliphatic imine (C=N–C) groups is 1. The van der Waals surface area contributed by atoms with Gasteiger partial charge in [-0.1, -0.05) is 44.2 Å². The fraction of sp³-hybridized carbons (Fsp3) is 0.333. The number of carbonyl (C=O) groups is 1. The Morgan fingerprint density at radius 1 is 1.03 bits per heavy atom. The summed E-state index contributed by atoms with van der Waals surface area (Å²) < 4.78 is 27.0. The van der Waals surface area contributed by atoms with E-state index in [0.717, 1.165) is 18.7 Å². The first-order chi connectivity index (χ1) is 13.9. The normalized spacial score (nSPS) is 16.9. The van der Waals surface area contributed by atoms with Crippen molar-refractivity contribution in [3.63, 3.8) is 0 Å². The van der Waals surface area contributed by atoms with E-state index in [0.29, 0.717) is 12.1 Å². The van der Waals surface area contributed by atoms with Crippen LogP contribution in [0.25, 0.3) is 0 Å². The zero-order chi connectivity index (χ0) is 20.9. The maximum atomic E-state index is 12.7. The number of amides is 1. The molecular formula is C21H26N4O3S. The van der Waals surface area contributed by atoms with Crippen LogP contribution in [0.3, 0.4) is 0 Å². The largest absolute Gasteiger partial charge is 0.385 e. The van der Waals surface area contributed by atoms with E-state index in [1.54, 1.807) is 18.2 Å². The minimum absolute atomic E-state index is 0.0813. The van der Waals surface area contributed by atoms with Crippen molar-refractivity contribution in [2.75, 3.05) is 18.4 Å². The molecule has 0 unspecified atom stereocenters. The number of hydrogen-bond acceptors (Lipinski definition) is 5. The molecule has 0 fully saturated rings. The molecule has 0 spiro atoms. The third-order valence-electron chi connectivity index (χ3n) is 4.59. The molecule has 1 aliphatic heterocycles. The second kappa shape index (κ2) is 9.09. The molecule has 0 aliphatic carbocycles. The van der Waals surface area contributed by atoms with Crippen LogP contribution in [0.15, 0.2) is 64.5 Å². The van der Waals surface area contributed by atoms with Crippen molar-refractivity contribution in [2.24, 2.45) is 10.9 Å². The average Bonchev–Trinajstić information content (AvgIpc) is 2.97. The Balaban J connectivity index is 1.60. The molecule has 3 N–H and O–H groups in total. The van der Waals surface area contributed by atoms with Crippen LogP contribution in [0, 0.1) is 5.92 Å². The van der Waals surface area contributed by atoms with E-state index < -0.39 is 16.1 Å². The van der Waals surface area contributed by atoms with E-state index >= 15 is 0 Å². The number of carbonyl (C=O) groups excluding carboxylic acids is 1. The first kappa shape index (κ1) is 20.9. The molecule has 0 saturated heterocycles. The van der Waals surface area contributed by atoms with Gasteiger partial charge in [0, 0.05) is 24.3 Å². The van der Waals surface area contributed by atoms with Gasteiger partial charge in [-0.25, -0.2) is 8.42 Å². The SMILES string of the molecule is CC(C)[C@H](N=C1NS(=O)(=O)c2ccccc21)C(=O)NCCCNc1ccccc1. The Morgan fingerprint density at radius 2 is 1.72 bits per heavy atom. The van der Waals surface area contributed by atoms with Gasteiger partial charge in [0.2, 0.25) is 5.91 Å². The number of hydrogen-bond donors (Lipinski definition) is 3. The highest BCUT2D eigenvalue weighted by Crippen LogP contribution is 2.23. The Bertz CT molecular complexity index is 988. The van der Waals surface area contributed by atoms with Gasteiger partial charge in [0.1, 0.15) is 11.9 Å². The summed E-state index contributed by atoms with van der Waals surface area (Å²) in [5.74, 6) is -0.0711. The summed E-state index contributed by atoms with van der Waals surface area (Å²) in [4.78, 5) is 17.3. The standard InChI is InChI=1S/C21H26N4O3S/c1-15(2)19(21(26)23-14-8-13-22-16-9-4-3-5-10-16)24-20-17-11-6-7-12-18(17)29(27,28)25-20/h3-7,9-12,15,19,22H,8,13-14H2,1-2H3,(H,23,26)(H,24,25)/t19-/m0/s1. The van der Waals surface area contributed by atoms with Crippen LogP contribution >= 0.6 is 0 Å². The molecule has 2 aromatic rings. The zero-order valence-corrected chi connectivity index (χ0v) is 17.4. The van der Waals surface area contributed by atoms with Crippen LogP contribution in [0.2, 0.25) is 0 Å². The number of para-hydroxylation sites is 1. The van der Waals surface area contributed by atoms with Gasteiger partial charge in [-0.2, -0.15) is 0 Å². The molecule has 0 saturated carbocycles. The number of nitrogens with zero attached hydrogens (tertiary/aromatic N) is 1. The maximum Gasteiger partial charge on any atom is 0.263 e. The van der Waals surface area contributed by atoms with Crippen molar-refractivity contribution < 1.29 is 13.2 Å². The molecule has 29 heavy (non-hydrogen) atoms. The first-order valence-electron chi connectivity index (χ1n) is 9.65. The van der Waals surface area contributed by atoms with E-state index in [2.05, 4.69) is 20.3 Å².